The molecule has 1 heterocycles. The fourth-order valence-corrected chi connectivity index (χ4v) is 7.01. The lowest BCUT2D eigenvalue weighted by molar-refractivity contribution is -0.137. The Morgan fingerprint density at radius 3 is 1.95 bits per heavy atom. The van der Waals surface area contributed by atoms with E-state index in [1.165, 1.54) is 56.6 Å². The molecule has 4 rings (SSSR count). The van der Waals surface area contributed by atoms with Crippen molar-refractivity contribution in [2.75, 3.05) is 13.1 Å². The van der Waals surface area contributed by atoms with E-state index in [1.54, 1.807) is 42.5 Å². The van der Waals surface area contributed by atoms with Crippen molar-refractivity contribution in [2.24, 2.45) is 0 Å². The summed E-state index contributed by atoms with van der Waals surface area (Å²) < 4.78 is 56.9. The molecule has 14 heteroatoms. The summed E-state index contributed by atoms with van der Waals surface area (Å²) in [6, 6.07) is 25.6. The van der Waals surface area contributed by atoms with Crippen LogP contribution in [0, 0.1) is 0 Å². The van der Waals surface area contributed by atoms with Crippen LogP contribution in [0.15, 0.2) is 84.9 Å². The zero-order valence-corrected chi connectivity index (χ0v) is 33.0. The lowest BCUT2D eigenvalue weighted by Crippen LogP contribution is -2.20. The predicted octanol–water partition coefficient (Wildman–Crippen LogP) is 10.2. The SMILES string of the molecule is C.CCCCCCCCCc1ccc(CNCCC(O)P(=O)(O)O)cc1.O=C(O)CCNCc1ccc(OCc2cc(-c3ccccc3)c(C(F)(F)F)s2)cc1. The van der Waals surface area contributed by atoms with Crippen molar-refractivity contribution in [3.63, 3.8) is 0 Å². The second kappa shape index (κ2) is 25.7. The number of ether oxygens (including phenoxy) is 1. The van der Waals surface area contributed by atoms with Gasteiger partial charge in [0.1, 0.15) is 17.2 Å². The van der Waals surface area contributed by atoms with Crippen LogP contribution < -0.4 is 15.4 Å². The van der Waals surface area contributed by atoms with E-state index in [1.807, 2.05) is 12.1 Å². The summed E-state index contributed by atoms with van der Waals surface area (Å²) in [5.41, 5.74) is 4.12. The summed E-state index contributed by atoms with van der Waals surface area (Å²) in [6.07, 6.45) is 6.03. The van der Waals surface area contributed by atoms with E-state index < -0.39 is 30.5 Å². The van der Waals surface area contributed by atoms with Gasteiger partial charge in [-0.2, -0.15) is 13.2 Å². The number of aliphatic hydroxyl groups excluding tert-OH is 1. The normalized spacial score (nSPS) is 12.0. The minimum Gasteiger partial charge on any atom is -0.488 e. The first-order chi connectivity index (χ1) is 26.3. The molecule has 0 amide bonds. The number of thiophene rings is 1. The Labute approximate surface area is 333 Å². The van der Waals surface area contributed by atoms with Crippen LogP contribution in [0.3, 0.4) is 0 Å². The molecular formula is C42H58F3N2O7PS. The zero-order chi connectivity index (χ0) is 40.1. The number of nitrogens with one attached hydrogen (secondary N) is 2. The highest BCUT2D eigenvalue weighted by Gasteiger charge is 2.36. The Hall–Kier alpha value is -3.55. The van der Waals surface area contributed by atoms with Crippen molar-refractivity contribution in [3.05, 3.63) is 111 Å². The van der Waals surface area contributed by atoms with Crippen LogP contribution in [0.2, 0.25) is 0 Å². The van der Waals surface area contributed by atoms with Crippen LogP contribution in [0.5, 0.6) is 5.75 Å². The highest BCUT2D eigenvalue weighted by Crippen LogP contribution is 2.43. The second-order valence-electron chi connectivity index (χ2n) is 13.3. The van der Waals surface area contributed by atoms with Crippen LogP contribution in [-0.2, 0) is 41.7 Å². The maximum Gasteiger partial charge on any atom is 0.426 e. The molecule has 0 fully saturated rings. The molecule has 1 aromatic heterocycles. The van der Waals surface area contributed by atoms with Gasteiger partial charge in [0.05, 0.1) is 6.42 Å². The molecule has 0 saturated heterocycles. The fourth-order valence-electron chi connectivity index (χ4n) is 5.58. The zero-order valence-electron chi connectivity index (χ0n) is 31.3. The summed E-state index contributed by atoms with van der Waals surface area (Å²) >= 11 is 0.692. The van der Waals surface area contributed by atoms with Gasteiger partial charge in [-0.05, 0) is 66.3 Å². The number of alkyl halides is 3. The van der Waals surface area contributed by atoms with Gasteiger partial charge in [0.2, 0.25) is 0 Å². The van der Waals surface area contributed by atoms with E-state index in [0.717, 1.165) is 17.5 Å². The topological polar surface area (TPSA) is 148 Å². The third-order valence-electron chi connectivity index (χ3n) is 8.66. The molecule has 1 unspecified atom stereocenters. The number of aliphatic hydroxyl groups is 1. The van der Waals surface area contributed by atoms with E-state index in [-0.39, 0.29) is 32.4 Å². The number of carboxylic acid groups (broad SMARTS) is 1. The molecular weight excluding hydrogens is 765 g/mol. The Balaban J connectivity index is 0.000000387. The first kappa shape index (κ1) is 48.6. The van der Waals surface area contributed by atoms with Crippen LogP contribution in [-0.4, -0.2) is 44.9 Å². The molecule has 0 bridgehead atoms. The third-order valence-corrected chi connectivity index (χ3v) is 10.9. The molecule has 6 N–H and O–H groups in total. The first-order valence-electron chi connectivity index (χ1n) is 18.7. The van der Waals surface area contributed by atoms with Gasteiger partial charge >= 0.3 is 19.7 Å². The number of carbonyl (C=O) groups is 1. The van der Waals surface area contributed by atoms with Gasteiger partial charge in [-0.1, -0.05) is 120 Å². The van der Waals surface area contributed by atoms with E-state index in [2.05, 4.69) is 41.8 Å². The number of rotatable bonds is 23. The number of aliphatic carboxylic acids is 1. The van der Waals surface area contributed by atoms with Gasteiger partial charge < -0.3 is 35.4 Å². The van der Waals surface area contributed by atoms with Crippen molar-refractivity contribution in [2.45, 2.75) is 110 Å². The maximum atomic E-state index is 13.5. The second-order valence-corrected chi connectivity index (χ2v) is 16.2. The van der Waals surface area contributed by atoms with Crippen LogP contribution in [0.4, 0.5) is 13.2 Å². The molecule has 3 aromatic carbocycles. The summed E-state index contributed by atoms with van der Waals surface area (Å²) in [7, 11) is -4.38. The van der Waals surface area contributed by atoms with Crippen LogP contribution >= 0.6 is 18.9 Å². The lowest BCUT2D eigenvalue weighted by Gasteiger charge is -2.12. The monoisotopic (exact) mass is 822 g/mol. The third kappa shape index (κ3) is 19.1. The Morgan fingerprint density at radius 1 is 0.821 bits per heavy atom. The number of hydrogen-bond donors (Lipinski definition) is 6. The summed E-state index contributed by atoms with van der Waals surface area (Å²) in [6.45, 7) is 4.17. The number of hydrogen-bond acceptors (Lipinski definition) is 7. The summed E-state index contributed by atoms with van der Waals surface area (Å²) in [4.78, 5) is 28.0. The van der Waals surface area contributed by atoms with Crippen molar-refractivity contribution in [1.82, 2.24) is 10.6 Å². The standard InChI is InChI=1S/C22H20F3NO3S.C19H34NO4P.CH4/c23-22(24,25)21-19(16-4-2-1-3-5-16)12-18(30-21)14-29-17-8-6-15(7-9-17)13-26-11-10-20(27)28;1-2-3-4-5-6-7-8-9-17-10-12-18(13-11-17)16-20-15-14-19(21)25(22,23)24;/h1-9,12,26H,10-11,13-14H2,(H,27,28);10-13,19-21H,2-9,14-16H2,1H3,(H2,22,23,24);1H4. The number of halogens is 3. The highest BCUT2D eigenvalue weighted by molar-refractivity contribution is 7.52. The van der Waals surface area contributed by atoms with E-state index in [0.29, 0.717) is 53.7 Å². The van der Waals surface area contributed by atoms with Gasteiger partial charge in [-0.25, -0.2) is 0 Å². The Kier molecular flexibility index (Phi) is 22.3. The maximum absolute atomic E-state index is 13.5. The number of unbranched alkanes of at least 4 members (excludes halogenated alkanes) is 6. The molecule has 310 valence electrons. The minimum absolute atomic E-state index is 0. The Bertz CT molecular complexity index is 1720. The highest BCUT2D eigenvalue weighted by atomic mass is 32.1. The quantitative estimate of drug-likeness (QED) is 0.0318. The molecule has 1 atom stereocenters. The van der Waals surface area contributed by atoms with Gasteiger partial charge in [0.25, 0.3) is 0 Å². The smallest absolute Gasteiger partial charge is 0.426 e. The van der Waals surface area contributed by atoms with E-state index in [9.17, 15) is 27.6 Å². The fraction of sp³-hybridized carbons (Fsp3) is 0.452. The molecule has 0 aliphatic heterocycles. The van der Waals surface area contributed by atoms with E-state index in [4.69, 9.17) is 19.6 Å². The minimum atomic E-state index is -4.43. The Morgan fingerprint density at radius 2 is 1.38 bits per heavy atom. The molecule has 0 radical (unpaired) electrons. The molecule has 0 aliphatic rings. The lowest BCUT2D eigenvalue weighted by atomic mass is 10.0. The van der Waals surface area contributed by atoms with Crippen molar-refractivity contribution >= 4 is 24.9 Å². The molecule has 0 aliphatic carbocycles. The number of aryl methyl sites for hydroxylation is 1. The first-order valence-corrected chi connectivity index (χ1v) is 21.2. The van der Waals surface area contributed by atoms with Crippen LogP contribution in [0.1, 0.15) is 98.6 Å². The van der Waals surface area contributed by atoms with E-state index >= 15 is 0 Å². The van der Waals surface area contributed by atoms with Crippen molar-refractivity contribution in [3.8, 4) is 16.9 Å². The van der Waals surface area contributed by atoms with Crippen molar-refractivity contribution in [1.29, 1.82) is 0 Å². The van der Waals surface area contributed by atoms with Gasteiger partial charge in [0, 0.05) is 30.1 Å². The average molecular weight is 823 g/mol. The molecule has 0 spiro atoms. The number of benzene rings is 3. The summed E-state index contributed by atoms with van der Waals surface area (Å²) in [5, 5.41) is 24.0. The van der Waals surface area contributed by atoms with Gasteiger partial charge in [-0.15, -0.1) is 11.3 Å². The predicted molar refractivity (Wildman–Crippen MR) is 219 cm³/mol. The molecule has 56 heavy (non-hydrogen) atoms. The average Bonchev–Trinajstić information content (AvgIpc) is 3.61. The summed E-state index contributed by atoms with van der Waals surface area (Å²) in [5.74, 6) is -1.89. The van der Waals surface area contributed by atoms with Gasteiger partial charge in [0.15, 0.2) is 5.85 Å². The molecule has 4 aromatic rings. The molecule has 0 saturated carbocycles. The molecule has 9 nitrogen and oxygen atoms in total. The van der Waals surface area contributed by atoms with Crippen LogP contribution in [0.25, 0.3) is 11.1 Å². The van der Waals surface area contributed by atoms with Gasteiger partial charge in [-0.3, -0.25) is 9.36 Å². The number of carboxylic acids is 1. The van der Waals surface area contributed by atoms with Crippen molar-refractivity contribution < 1.29 is 47.3 Å². The largest absolute Gasteiger partial charge is 0.488 e.